The molecule has 0 radical (unpaired) electrons. The Kier molecular flexibility index (Phi) is 8.42. The molecule has 0 saturated heterocycles. The average Bonchev–Trinajstić information content (AvgIpc) is 3.87. The van der Waals surface area contributed by atoms with E-state index >= 15 is 0 Å². The van der Waals surface area contributed by atoms with Crippen LogP contribution in [-0.2, 0) is 0 Å². The third kappa shape index (κ3) is 6.06. The van der Waals surface area contributed by atoms with Crippen molar-refractivity contribution in [3.8, 4) is 67.8 Å². The van der Waals surface area contributed by atoms with Crippen LogP contribution >= 0.6 is 0 Å². The van der Waals surface area contributed by atoms with E-state index in [2.05, 4.69) is 197 Å². The van der Waals surface area contributed by atoms with Crippen LogP contribution in [0.15, 0.2) is 224 Å². The zero-order chi connectivity index (χ0) is 41.0. The van der Waals surface area contributed by atoms with E-state index in [1.54, 1.807) is 0 Å². The molecule has 3 aromatic heterocycles. The summed E-state index contributed by atoms with van der Waals surface area (Å²) in [6.07, 6.45) is 0. The van der Waals surface area contributed by atoms with Crippen molar-refractivity contribution in [3.63, 3.8) is 0 Å². The van der Waals surface area contributed by atoms with Crippen molar-refractivity contribution in [2.45, 2.75) is 0 Å². The summed E-state index contributed by atoms with van der Waals surface area (Å²) in [5.74, 6) is 1.87. The van der Waals surface area contributed by atoms with Crippen LogP contribution in [0.1, 0.15) is 0 Å². The molecule has 12 aromatic rings. The number of nitrogens with zero attached hydrogens (tertiary/aromatic N) is 5. The fourth-order valence-electron chi connectivity index (χ4n) is 9.04. The molecule has 0 amide bonds. The normalized spacial score (nSPS) is 11.5. The molecule has 290 valence electrons. The van der Waals surface area contributed by atoms with Gasteiger partial charge in [0, 0.05) is 49.6 Å². The van der Waals surface area contributed by atoms with Gasteiger partial charge in [-0.2, -0.15) is 0 Å². The van der Waals surface area contributed by atoms with Crippen molar-refractivity contribution in [1.29, 1.82) is 0 Å². The van der Waals surface area contributed by atoms with Crippen LogP contribution in [0, 0.1) is 0 Å². The maximum Gasteiger partial charge on any atom is 0.164 e. The largest absolute Gasteiger partial charge is 0.309 e. The first kappa shape index (κ1) is 35.5. The van der Waals surface area contributed by atoms with Gasteiger partial charge in [0.15, 0.2) is 17.5 Å². The van der Waals surface area contributed by atoms with Gasteiger partial charge in [0.1, 0.15) is 0 Å². The van der Waals surface area contributed by atoms with E-state index in [4.69, 9.17) is 15.0 Å². The van der Waals surface area contributed by atoms with Gasteiger partial charge in [0.2, 0.25) is 0 Å². The van der Waals surface area contributed by atoms with E-state index in [9.17, 15) is 0 Å². The van der Waals surface area contributed by atoms with E-state index < -0.39 is 0 Å². The molecular weight excluding hydrogens is 755 g/mol. The summed E-state index contributed by atoms with van der Waals surface area (Å²) in [4.78, 5) is 15.3. The van der Waals surface area contributed by atoms with Gasteiger partial charge in [-0.1, -0.05) is 164 Å². The third-order valence-corrected chi connectivity index (χ3v) is 11.9. The van der Waals surface area contributed by atoms with Gasteiger partial charge in [-0.3, -0.25) is 0 Å². The smallest absolute Gasteiger partial charge is 0.164 e. The molecule has 0 aliphatic carbocycles. The lowest BCUT2D eigenvalue weighted by molar-refractivity contribution is 1.07. The topological polar surface area (TPSA) is 48.5 Å². The Bertz CT molecular complexity index is 3550. The van der Waals surface area contributed by atoms with E-state index in [0.717, 1.165) is 61.4 Å². The minimum Gasteiger partial charge on any atom is -0.309 e. The van der Waals surface area contributed by atoms with Crippen LogP contribution in [0.25, 0.3) is 111 Å². The Morgan fingerprint density at radius 2 is 0.661 bits per heavy atom. The predicted octanol–water partition coefficient (Wildman–Crippen LogP) is 14.4. The molecule has 62 heavy (non-hydrogen) atoms. The molecule has 0 atom stereocenters. The summed E-state index contributed by atoms with van der Waals surface area (Å²) >= 11 is 0. The Morgan fingerprint density at radius 3 is 1.29 bits per heavy atom. The fourth-order valence-corrected chi connectivity index (χ4v) is 9.04. The van der Waals surface area contributed by atoms with Gasteiger partial charge in [-0.25, -0.2) is 15.0 Å². The first-order valence-electron chi connectivity index (χ1n) is 20.9. The molecule has 0 saturated carbocycles. The molecule has 9 aromatic carbocycles. The molecule has 0 fully saturated rings. The molecule has 12 rings (SSSR count). The molecule has 3 heterocycles. The number of benzene rings is 9. The summed E-state index contributed by atoms with van der Waals surface area (Å²) in [7, 11) is 0. The SMILES string of the molecule is c1ccc(-c2cc(-c3nc(-c4ccccc4)nc(-c4ccccc4)n3)cc(-n3c4ccccc4c4ccc(-c5ccc6c(c5)c5ccccc5n6-c5ccccc5)cc43)c2)cc1. The third-order valence-electron chi connectivity index (χ3n) is 11.9. The van der Waals surface area contributed by atoms with Crippen LogP contribution < -0.4 is 0 Å². The molecule has 0 N–H and O–H groups in total. The Hall–Kier alpha value is -8.41. The van der Waals surface area contributed by atoms with E-state index in [-0.39, 0.29) is 0 Å². The summed E-state index contributed by atoms with van der Waals surface area (Å²) in [6.45, 7) is 0. The fraction of sp³-hybridized carbons (Fsp3) is 0. The molecule has 0 unspecified atom stereocenters. The molecule has 5 nitrogen and oxygen atoms in total. The first-order chi connectivity index (χ1) is 30.7. The van der Waals surface area contributed by atoms with Crippen LogP contribution in [0.5, 0.6) is 0 Å². The zero-order valence-corrected chi connectivity index (χ0v) is 33.6. The lowest BCUT2D eigenvalue weighted by atomic mass is 10.0. The molecule has 0 aliphatic rings. The number of fused-ring (bicyclic) bond motifs is 6. The van der Waals surface area contributed by atoms with Gasteiger partial charge in [0.05, 0.1) is 22.1 Å². The molecular formula is C57H37N5. The first-order valence-corrected chi connectivity index (χ1v) is 20.9. The number of aromatic nitrogens is 5. The molecule has 0 aliphatic heterocycles. The number of rotatable bonds is 7. The lowest BCUT2D eigenvalue weighted by Crippen LogP contribution is -2.01. The van der Waals surface area contributed by atoms with Gasteiger partial charge in [-0.15, -0.1) is 0 Å². The number of para-hydroxylation sites is 3. The van der Waals surface area contributed by atoms with Crippen molar-refractivity contribution in [1.82, 2.24) is 24.1 Å². The van der Waals surface area contributed by atoms with Gasteiger partial charge < -0.3 is 9.13 Å². The van der Waals surface area contributed by atoms with E-state index in [1.807, 2.05) is 36.4 Å². The van der Waals surface area contributed by atoms with Crippen molar-refractivity contribution >= 4 is 43.6 Å². The van der Waals surface area contributed by atoms with Crippen molar-refractivity contribution in [2.24, 2.45) is 0 Å². The molecule has 5 heteroatoms. The number of hydrogen-bond acceptors (Lipinski definition) is 3. The second-order valence-corrected chi connectivity index (χ2v) is 15.7. The monoisotopic (exact) mass is 791 g/mol. The standard InChI is InChI=1S/C57H37N5/c1-5-17-38(18-6-1)43-33-44(57-59-55(39-19-7-2-8-20-39)58-56(60-57)40-21-9-3-10-22-40)35-46(34-43)62-51-27-15-13-25-47(51)49-31-29-42(37-54(49)62)41-30-32-53-50(36-41)48-26-14-16-28-52(48)61(53)45-23-11-4-12-24-45/h1-37H. The molecule has 0 spiro atoms. The van der Waals surface area contributed by atoms with Crippen LogP contribution in [0.2, 0.25) is 0 Å². The van der Waals surface area contributed by atoms with Crippen LogP contribution in [-0.4, -0.2) is 24.1 Å². The second-order valence-electron chi connectivity index (χ2n) is 15.7. The maximum absolute atomic E-state index is 5.17. The van der Waals surface area contributed by atoms with Crippen molar-refractivity contribution in [3.05, 3.63) is 224 Å². The van der Waals surface area contributed by atoms with Gasteiger partial charge in [-0.05, 0) is 82.9 Å². The zero-order valence-electron chi connectivity index (χ0n) is 33.6. The summed E-state index contributed by atoms with van der Waals surface area (Å²) < 4.78 is 4.77. The van der Waals surface area contributed by atoms with Crippen LogP contribution in [0.4, 0.5) is 0 Å². The highest BCUT2D eigenvalue weighted by Gasteiger charge is 2.19. The second kappa shape index (κ2) is 14.7. The lowest BCUT2D eigenvalue weighted by Gasteiger charge is -2.15. The number of hydrogen-bond donors (Lipinski definition) is 0. The van der Waals surface area contributed by atoms with E-state index in [1.165, 1.54) is 32.6 Å². The minimum atomic E-state index is 0.612. The van der Waals surface area contributed by atoms with Crippen molar-refractivity contribution < 1.29 is 0 Å². The highest BCUT2D eigenvalue weighted by Crippen LogP contribution is 2.40. The van der Waals surface area contributed by atoms with Crippen molar-refractivity contribution in [2.75, 3.05) is 0 Å². The minimum absolute atomic E-state index is 0.612. The highest BCUT2D eigenvalue weighted by atomic mass is 15.0. The summed E-state index contributed by atoms with van der Waals surface area (Å²) in [5, 5.41) is 4.85. The van der Waals surface area contributed by atoms with Gasteiger partial charge >= 0.3 is 0 Å². The van der Waals surface area contributed by atoms with Crippen LogP contribution in [0.3, 0.4) is 0 Å². The predicted molar refractivity (Wildman–Crippen MR) is 256 cm³/mol. The summed E-state index contributed by atoms with van der Waals surface area (Å²) in [5.41, 5.74) is 14.1. The average molecular weight is 792 g/mol. The Morgan fingerprint density at radius 1 is 0.226 bits per heavy atom. The summed E-state index contributed by atoms with van der Waals surface area (Å²) in [6, 6.07) is 79.4. The molecule has 0 bridgehead atoms. The quantitative estimate of drug-likeness (QED) is 0.162. The van der Waals surface area contributed by atoms with E-state index in [0.29, 0.717) is 17.5 Å². The Balaban J connectivity index is 1.08. The maximum atomic E-state index is 5.17. The Labute approximate surface area is 358 Å². The highest BCUT2D eigenvalue weighted by molar-refractivity contribution is 6.12. The van der Waals surface area contributed by atoms with Gasteiger partial charge in [0.25, 0.3) is 0 Å².